The summed E-state index contributed by atoms with van der Waals surface area (Å²) >= 11 is 0. The highest BCUT2D eigenvalue weighted by Gasteiger charge is 2.34. The topological polar surface area (TPSA) is 46.6 Å². The van der Waals surface area contributed by atoms with Crippen LogP contribution >= 0.6 is 0 Å². The van der Waals surface area contributed by atoms with Crippen LogP contribution in [0.1, 0.15) is 83.1 Å². The van der Waals surface area contributed by atoms with Gasteiger partial charge in [0.05, 0.1) is 13.0 Å². The van der Waals surface area contributed by atoms with Crippen LogP contribution in [-0.2, 0) is 20.7 Å². The van der Waals surface area contributed by atoms with Gasteiger partial charge in [-0.2, -0.15) is 0 Å². The zero-order valence-corrected chi connectivity index (χ0v) is 17.5. The maximum absolute atomic E-state index is 12.6. The van der Waals surface area contributed by atoms with Gasteiger partial charge in [0, 0.05) is 6.54 Å². The van der Waals surface area contributed by atoms with Crippen molar-refractivity contribution >= 4 is 11.9 Å². The van der Waals surface area contributed by atoms with E-state index in [0.29, 0.717) is 19.6 Å². The number of esters is 1. The fourth-order valence-corrected chi connectivity index (χ4v) is 3.86. The molecule has 1 unspecified atom stereocenters. The first-order valence-corrected chi connectivity index (χ1v) is 11.2. The molecule has 1 atom stereocenters. The monoisotopic (exact) mass is 387 g/mol. The van der Waals surface area contributed by atoms with E-state index in [1.54, 1.807) is 4.90 Å². The van der Waals surface area contributed by atoms with Gasteiger partial charge >= 0.3 is 5.97 Å². The first-order chi connectivity index (χ1) is 13.7. The molecule has 4 nitrogen and oxygen atoms in total. The van der Waals surface area contributed by atoms with Crippen LogP contribution in [0.25, 0.3) is 0 Å². The van der Waals surface area contributed by atoms with Crippen molar-refractivity contribution in [3.8, 4) is 0 Å². The molecule has 0 aromatic heterocycles. The molecule has 0 spiro atoms. The molecule has 1 aromatic rings. The van der Waals surface area contributed by atoms with Crippen LogP contribution in [-0.4, -0.2) is 36.0 Å². The molecule has 0 saturated carbocycles. The quantitative estimate of drug-likeness (QED) is 0.341. The van der Waals surface area contributed by atoms with E-state index in [2.05, 4.69) is 6.92 Å². The first kappa shape index (κ1) is 22.4. The van der Waals surface area contributed by atoms with E-state index in [1.165, 1.54) is 44.9 Å². The van der Waals surface area contributed by atoms with Gasteiger partial charge in [-0.05, 0) is 24.8 Å². The zero-order valence-electron chi connectivity index (χ0n) is 17.5. The second-order valence-corrected chi connectivity index (χ2v) is 7.90. The highest BCUT2D eigenvalue weighted by Crippen LogP contribution is 2.20. The highest BCUT2D eigenvalue weighted by molar-refractivity contribution is 5.86. The van der Waals surface area contributed by atoms with Crippen LogP contribution in [0.15, 0.2) is 30.3 Å². The molecule has 28 heavy (non-hydrogen) atoms. The molecular weight excluding hydrogens is 350 g/mol. The minimum Gasteiger partial charge on any atom is -0.464 e. The van der Waals surface area contributed by atoms with E-state index < -0.39 is 6.04 Å². The summed E-state index contributed by atoms with van der Waals surface area (Å²) in [5.41, 5.74) is 0.987. The summed E-state index contributed by atoms with van der Waals surface area (Å²) in [6, 6.07) is 9.31. The molecule has 4 heteroatoms. The normalized spacial score (nSPS) is 16.3. The van der Waals surface area contributed by atoms with Crippen molar-refractivity contribution in [3.63, 3.8) is 0 Å². The standard InChI is InChI=1S/C24H37NO3/c1-2-3-4-5-6-7-8-9-13-19-28-24(27)22-17-14-18-25(22)23(26)20-21-15-11-10-12-16-21/h10-12,15-16,22H,2-9,13-14,17-20H2,1H3. The molecule has 1 amide bonds. The van der Waals surface area contributed by atoms with Crippen molar-refractivity contribution in [1.29, 1.82) is 0 Å². The third-order valence-electron chi connectivity index (χ3n) is 5.54. The Balaban J connectivity index is 1.60. The summed E-state index contributed by atoms with van der Waals surface area (Å²) in [5, 5.41) is 0. The molecule has 1 aromatic carbocycles. The fourth-order valence-electron chi connectivity index (χ4n) is 3.86. The molecule has 156 valence electrons. The number of rotatable bonds is 13. The lowest BCUT2D eigenvalue weighted by Crippen LogP contribution is -2.42. The maximum Gasteiger partial charge on any atom is 0.328 e. The summed E-state index contributed by atoms with van der Waals surface area (Å²) in [5.74, 6) is -0.202. The van der Waals surface area contributed by atoms with Gasteiger partial charge in [-0.25, -0.2) is 4.79 Å². The molecule has 1 fully saturated rings. The molecule has 1 aliphatic rings. The number of carbonyl (C=O) groups excluding carboxylic acids is 2. The Morgan fingerprint density at radius 3 is 2.29 bits per heavy atom. The molecule has 0 aliphatic carbocycles. The van der Waals surface area contributed by atoms with Crippen molar-refractivity contribution in [2.24, 2.45) is 0 Å². The summed E-state index contributed by atoms with van der Waals surface area (Å²) in [4.78, 5) is 26.7. The van der Waals surface area contributed by atoms with Crippen LogP contribution < -0.4 is 0 Å². The second-order valence-electron chi connectivity index (χ2n) is 7.90. The molecule has 1 aliphatic heterocycles. The Bertz CT molecular complexity index is 572. The van der Waals surface area contributed by atoms with Crippen LogP contribution in [0.4, 0.5) is 0 Å². The first-order valence-electron chi connectivity index (χ1n) is 11.2. The molecule has 1 saturated heterocycles. The lowest BCUT2D eigenvalue weighted by atomic mass is 10.1. The Morgan fingerprint density at radius 1 is 0.964 bits per heavy atom. The van der Waals surface area contributed by atoms with Gasteiger partial charge in [0.1, 0.15) is 6.04 Å². The van der Waals surface area contributed by atoms with E-state index in [0.717, 1.165) is 31.2 Å². The van der Waals surface area contributed by atoms with Crippen LogP contribution in [0.3, 0.4) is 0 Å². The van der Waals surface area contributed by atoms with Crippen LogP contribution in [0.5, 0.6) is 0 Å². The van der Waals surface area contributed by atoms with Gasteiger partial charge in [0.15, 0.2) is 0 Å². The number of nitrogens with zero attached hydrogens (tertiary/aromatic N) is 1. The van der Waals surface area contributed by atoms with Crippen molar-refractivity contribution in [1.82, 2.24) is 4.90 Å². The third kappa shape index (κ3) is 8.04. The summed E-state index contributed by atoms with van der Waals surface area (Å²) < 4.78 is 5.48. The average molecular weight is 388 g/mol. The molecule has 0 radical (unpaired) electrons. The smallest absolute Gasteiger partial charge is 0.328 e. The Labute approximate surface area is 170 Å². The Kier molecular flexibility index (Phi) is 10.7. The van der Waals surface area contributed by atoms with Crippen molar-refractivity contribution < 1.29 is 14.3 Å². The van der Waals surface area contributed by atoms with Gasteiger partial charge in [-0.3, -0.25) is 4.79 Å². The lowest BCUT2D eigenvalue weighted by Gasteiger charge is -2.23. The number of amides is 1. The molecule has 1 heterocycles. The molecule has 0 bridgehead atoms. The molecule has 2 rings (SSSR count). The number of unbranched alkanes of at least 4 members (excludes halogenated alkanes) is 8. The van der Waals surface area contributed by atoms with Crippen LogP contribution in [0.2, 0.25) is 0 Å². The summed E-state index contributed by atoms with van der Waals surface area (Å²) in [6.45, 7) is 3.38. The lowest BCUT2D eigenvalue weighted by molar-refractivity contribution is -0.153. The SMILES string of the molecule is CCCCCCCCCCCOC(=O)C1CCCN1C(=O)Cc1ccccc1. The number of hydrogen-bond acceptors (Lipinski definition) is 3. The third-order valence-corrected chi connectivity index (χ3v) is 5.54. The number of carbonyl (C=O) groups is 2. The zero-order chi connectivity index (χ0) is 20.0. The molecular formula is C24H37NO3. The Morgan fingerprint density at radius 2 is 1.61 bits per heavy atom. The van der Waals surface area contributed by atoms with Crippen LogP contribution in [0, 0.1) is 0 Å². The largest absolute Gasteiger partial charge is 0.464 e. The second kappa shape index (κ2) is 13.4. The van der Waals surface area contributed by atoms with E-state index in [4.69, 9.17) is 4.74 Å². The highest BCUT2D eigenvalue weighted by atomic mass is 16.5. The van der Waals surface area contributed by atoms with E-state index in [-0.39, 0.29) is 11.9 Å². The van der Waals surface area contributed by atoms with Crippen molar-refractivity contribution in [2.75, 3.05) is 13.2 Å². The predicted octanol–water partition coefficient (Wildman–Crippen LogP) is 5.29. The predicted molar refractivity (Wildman–Crippen MR) is 113 cm³/mol. The average Bonchev–Trinajstić information content (AvgIpc) is 3.20. The molecule has 0 N–H and O–H groups in total. The minimum absolute atomic E-state index is 0.0220. The van der Waals surface area contributed by atoms with Gasteiger partial charge < -0.3 is 9.64 Å². The number of hydrogen-bond donors (Lipinski definition) is 0. The van der Waals surface area contributed by atoms with E-state index >= 15 is 0 Å². The minimum atomic E-state index is -0.394. The van der Waals surface area contributed by atoms with Gasteiger partial charge in [-0.1, -0.05) is 88.6 Å². The number of likely N-dealkylation sites (tertiary alicyclic amines) is 1. The fraction of sp³-hybridized carbons (Fsp3) is 0.667. The Hall–Kier alpha value is -1.84. The summed E-state index contributed by atoms with van der Waals surface area (Å²) in [7, 11) is 0. The van der Waals surface area contributed by atoms with E-state index in [1.807, 2.05) is 30.3 Å². The van der Waals surface area contributed by atoms with Crippen molar-refractivity contribution in [3.05, 3.63) is 35.9 Å². The number of benzene rings is 1. The number of ether oxygens (including phenoxy) is 1. The van der Waals surface area contributed by atoms with E-state index in [9.17, 15) is 9.59 Å². The van der Waals surface area contributed by atoms with Gasteiger partial charge in [0.25, 0.3) is 0 Å². The van der Waals surface area contributed by atoms with Gasteiger partial charge in [0.2, 0.25) is 5.91 Å². The summed E-state index contributed by atoms with van der Waals surface area (Å²) in [6.07, 6.45) is 13.1. The van der Waals surface area contributed by atoms with Crippen molar-refractivity contribution in [2.45, 2.75) is 90.0 Å². The maximum atomic E-state index is 12.6. The van der Waals surface area contributed by atoms with Gasteiger partial charge in [-0.15, -0.1) is 0 Å².